The van der Waals surface area contributed by atoms with Crippen molar-refractivity contribution in [1.29, 1.82) is 0 Å². The second-order valence-electron chi connectivity index (χ2n) is 5.41. The third kappa shape index (κ3) is 6.08. The van der Waals surface area contributed by atoms with Gasteiger partial charge in [0.1, 0.15) is 0 Å². The standard InChI is InChI=1S/C17H27N3O/c1-5-7-11-20(15(3)6-2)17(21)14-19(4)13-16-9-8-10-18-12-16/h5,7-10,12,15H,6,11,13-14H2,1-4H3. The van der Waals surface area contributed by atoms with E-state index in [0.717, 1.165) is 18.5 Å². The minimum absolute atomic E-state index is 0.175. The van der Waals surface area contributed by atoms with Crippen molar-refractivity contribution in [3.63, 3.8) is 0 Å². The zero-order valence-corrected chi connectivity index (χ0v) is 13.6. The first-order valence-corrected chi connectivity index (χ1v) is 7.56. The quantitative estimate of drug-likeness (QED) is 0.690. The summed E-state index contributed by atoms with van der Waals surface area (Å²) < 4.78 is 0. The zero-order valence-electron chi connectivity index (χ0n) is 13.6. The van der Waals surface area contributed by atoms with Crippen molar-refractivity contribution in [3.05, 3.63) is 42.2 Å². The van der Waals surface area contributed by atoms with Crippen LogP contribution in [0.2, 0.25) is 0 Å². The van der Waals surface area contributed by atoms with Gasteiger partial charge in [-0.05, 0) is 38.9 Å². The van der Waals surface area contributed by atoms with Crippen LogP contribution in [0.1, 0.15) is 32.8 Å². The van der Waals surface area contributed by atoms with Crippen molar-refractivity contribution in [2.45, 2.75) is 39.8 Å². The fourth-order valence-electron chi connectivity index (χ4n) is 2.15. The molecule has 0 N–H and O–H groups in total. The Labute approximate surface area is 128 Å². The number of allylic oxidation sites excluding steroid dienone is 1. The fourth-order valence-corrected chi connectivity index (χ4v) is 2.15. The highest BCUT2D eigenvalue weighted by atomic mass is 16.2. The topological polar surface area (TPSA) is 36.4 Å². The fraction of sp³-hybridized carbons (Fsp3) is 0.529. The lowest BCUT2D eigenvalue weighted by Gasteiger charge is -2.29. The van der Waals surface area contributed by atoms with E-state index < -0.39 is 0 Å². The van der Waals surface area contributed by atoms with E-state index in [1.807, 2.05) is 54.3 Å². The summed E-state index contributed by atoms with van der Waals surface area (Å²) >= 11 is 0. The molecule has 0 saturated carbocycles. The molecule has 21 heavy (non-hydrogen) atoms. The number of aromatic nitrogens is 1. The SMILES string of the molecule is CC=CCN(C(=O)CN(C)Cc1cccnc1)C(C)CC. The third-order valence-electron chi connectivity index (χ3n) is 3.56. The molecule has 0 radical (unpaired) electrons. The van der Waals surface area contributed by atoms with E-state index in [0.29, 0.717) is 13.1 Å². The van der Waals surface area contributed by atoms with Gasteiger partial charge in [-0.2, -0.15) is 0 Å². The third-order valence-corrected chi connectivity index (χ3v) is 3.56. The molecule has 0 fully saturated rings. The average Bonchev–Trinajstić information content (AvgIpc) is 2.48. The molecule has 1 unspecified atom stereocenters. The van der Waals surface area contributed by atoms with E-state index >= 15 is 0 Å². The first-order chi connectivity index (χ1) is 10.1. The molecule has 0 aromatic carbocycles. The number of hydrogen-bond donors (Lipinski definition) is 0. The Morgan fingerprint density at radius 3 is 2.81 bits per heavy atom. The second kappa shape index (κ2) is 9.29. The molecule has 4 heteroatoms. The lowest BCUT2D eigenvalue weighted by atomic mass is 10.2. The van der Waals surface area contributed by atoms with Crippen LogP contribution in [-0.2, 0) is 11.3 Å². The minimum atomic E-state index is 0.175. The summed E-state index contributed by atoms with van der Waals surface area (Å²) in [6, 6.07) is 4.21. The molecule has 0 aliphatic carbocycles. The number of nitrogens with zero attached hydrogens (tertiary/aromatic N) is 3. The predicted molar refractivity (Wildman–Crippen MR) is 86.9 cm³/mol. The maximum Gasteiger partial charge on any atom is 0.237 e. The molecular weight excluding hydrogens is 262 g/mol. The Morgan fingerprint density at radius 2 is 2.24 bits per heavy atom. The van der Waals surface area contributed by atoms with E-state index in [1.54, 1.807) is 6.20 Å². The Kier molecular flexibility index (Phi) is 7.69. The van der Waals surface area contributed by atoms with Crippen molar-refractivity contribution in [1.82, 2.24) is 14.8 Å². The number of amides is 1. The molecule has 116 valence electrons. The second-order valence-corrected chi connectivity index (χ2v) is 5.41. The molecule has 0 aliphatic rings. The monoisotopic (exact) mass is 289 g/mol. The summed E-state index contributed by atoms with van der Waals surface area (Å²) in [5.41, 5.74) is 1.12. The summed E-state index contributed by atoms with van der Waals surface area (Å²) in [4.78, 5) is 20.6. The van der Waals surface area contributed by atoms with Gasteiger partial charge in [-0.25, -0.2) is 0 Å². The maximum atomic E-state index is 12.5. The molecule has 1 heterocycles. The number of carbonyl (C=O) groups is 1. The van der Waals surface area contributed by atoms with Crippen molar-refractivity contribution in [2.75, 3.05) is 20.1 Å². The molecule has 1 rings (SSSR count). The summed E-state index contributed by atoms with van der Waals surface area (Å²) in [6.07, 6.45) is 8.59. The number of pyridine rings is 1. The van der Waals surface area contributed by atoms with Gasteiger partial charge in [0.05, 0.1) is 6.54 Å². The summed E-state index contributed by atoms with van der Waals surface area (Å²) in [5, 5.41) is 0. The van der Waals surface area contributed by atoms with Gasteiger partial charge in [0, 0.05) is 31.5 Å². The van der Waals surface area contributed by atoms with Gasteiger partial charge in [0.15, 0.2) is 0 Å². The van der Waals surface area contributed by atoms with E-state index in [4.69, 9.17) is 0 Å². The number of rotatable bonds is 8. The Hall–Kier alpha value is -1.68. The lowest BCUT2D eigenvalue weighted by molar-refractivity contribution is -0.133. The normalized spacial score (nSPS) is 12.8. The maximum absolute atomic E-state index is 12.5. The first-order valence-electron chi connectivity index (χ1n) is 7.56. The van der Waals surface area contributed by atoms with Gasteiger partial charge >= 0.3 is 0 Å². The molecule has 1 aromatic heterocycles. The van der Waals surface area contributed by atoms with Gasteiger partial charge in [-0.3, -0.25) is 14.7 Å². The van der Waals surface area contributed by atoms with Crippen LogP contribution in [0.4, 0.5) is 0 Å². The summed E-state index contributed by atoms with van der Waals surface area (Å²) in [7, 11) is 1.97. The highest BCUT2D eigenvalue weighted by molar-refractivity contribution is 5.78. The van der Waals surface area contributed by atoms with Crippen molar-refractivity contribution in [3.8, 4) is 0 Å². The molecule has 1 amide bonds. The predicted octanol–water partition coefficient (Wildman–Crippen LogP) is 2.72. The molecule has 0 saturated heterocycles. The van der Waals surface area contributed by atoms with E-state index in [2.05, 4.69) is 18.8 Å². The molecule has 1 aromatic rings. The molecule has 0 spiro atoms. The largest absolute Gasteiger partial charge is 0.335 e. The molecule has 1 atom stereocenters. The van der Waals surface area contributed by atoms with Crippen LogP contribution < -0.4 is 0 Å². The zero-order chi connectivity index (χ0) is 15.7. The average molecular weight is 289 g/mol. The van der Waals surface area contributed by atoms with Crippen LogP contribution in [0.15, 0.2) is 36.7 Å². The van der Waals surface area contributed by atoms with Crippen molar-refractivity contribution < 1.29 is 4.79 Å². The van der Waals surface area contributed by atoms with Crippen LogP contribution in [-0.4, -0.2) is 46.9 Å². The van der Waals surface area contributed by atoms with Crippen LogP contribution in [0.25, 0.3) is 0 Å². The van der Waals surface area contributed by atoms with Gasteiger partial charge in [-0.15, -0.1) is 0 Å². The summed E-state index contributed by atoms with van der Waals surface area (Å²) in [6.45, 7) is 8.04. The Bertz CT molecular complexity index is 445. The number of hydrogen-bond acceptors (Lipinski definition) is 3. The molecule has 0 aliphatic heterocycles. The van der Waals surface area contributed by atoms with Crippen molar-refractivity contribution >= 4 is 5.91 Å². The molecular formula is C17H27N3O. The van der Waals surface area contributed by atoms with E-state index in [9.17, 15) is 4.79 Å². The number of likely N-dealkylation sites (N-methyl/N-ethyl adjacent to an activating group) is 1. The van der Waals surface area contributed by atoms with Gasteiger partial charge in [0.25, 0.3) is 0 Å². The highest BCUT2D eigenvalue weighted by Crippen LogP contribution is 2.07. The van der Waals surface area contributed by atoms with Gasteiger partial charge in [-0.1, -0.05) is 25.1 Å². The minimum Gasteiger partial charge on any atom is -0.335 e. The van der Waals surface area contributed by atoms with Gasteiger partial charge in [0.2, 0.25) is 5.91 Å². The Balaban J connectivity index is 2.59. The summed E-state index contributed by atoms with van der Waals surface area (Å²) in [5.74, 6) is 0.175. The molecule has 0 bridgehead atoms. The molecule has 4 nitrogen and oxygen atoms in total. The van der Waals surface area contributed by atoms with Crippen LogP contribution >= 0.6 is 0 Å². The smallest absolute Gasteiger partial charge is 0.237 e. The highest BCUT2D eigenvalue weighted by Gasteiger charge is 2.18. The van der Waals surface area contributed by atoms with Crippen LogP contribution in [0.3, 0.4) is 0 Å². The van der Waals surface area contributed by atoms with E-state index in [1.165, 1.54) is 0 Å². The van der Waals surface area contributed by atoms with E-state index in [-0.39, 0.29) is 11.9 Å². The van der Waals surface area contributed by atoms with Crippen LogP contribution in [0, 0.1) is 0 Å². The first kappa shape index (κ1) is 17.4. The van der Waals surface area contributed by atoms with Gasteiger partial charge < -0.3 is 4.90 Å². The lowest BCUT2D eigenvalue weighted by Crippen LogP contribution is -2.43. The number of carbonyl (C=O) groups excluding carboxylic acids is 1. The Morgan fingerprint density at radius 1 is 1.48 bits per heavy atom. The van der Waals surface area contributed by atoms with Crippen LogP contribution in [0.5, 0.6) is 0 Å². The van der Waals surface area contributed by atoms with Crippen molar-refractivity contribution in [2.24, 2.45) is 0 Å².